The molecule has 0 aliphatic carbocycles. The number of hydrogen-bond acceptors (Lipinski definition) is 4. The molecule has 144 valence electrons. The van der Waals surface area contributed by atoms with Crippen LogP contribution in [0.25, 0.3) is 0 Å². The molecule has 2 aromatic rings. The van der Waals surface area contributed by atoms with E-state index in [0.717, 1.165) is 36.9 Å². The normalized spacial score (nSPS) is 11.2. The van der Waals surface area contributed by atoms with Gasteiger partial charge in [-0.3, -0.25) is 9.67 Å². The van der Waals surface area contributed by atoms with Crippen LogP contribution >= 0.6 is 51.7 Å². The minimum Gasteiger partial charge on any atom is -0.356 e. The van der Waals surface area contributed by atoms with Crippen LogP contribution in [0.4, 0.5) is 0 Å². The van der Waals surface area contributed by atoms with Crippen molar-refractivity contribution in [2.75, 3.05) is 26.4 Å². The smallest absolute Gasteiger partial charge is 0.193 e. The fourth-order valence-electron chi connectivity index (χ4n) is 2.31. The SMILES string of the molecule is CN=C(NCCCCSc1ccccc1Br)N(C)Cc1ncnn1C.I. The Morgan fingerprint density at radius 3 is 2.77 bits per heavy atom. The third-order valence-corrected chi connectivity index (χ3v) is 5.82. The second-order valence-corrected chi connectivity index (χ2v) is 7.61. The molecular weight excluding hydrogens is 527 g/mol. The van der Waals surface area contributed by atoms with Crippen molar-refractivity contribution in [1.29, 1.82) is 0 Å². The first-order valence-electron chi connectivity index (χ1n) is 8.23. The average molecular weight is 553 g/mol. The van der Waals surface area contributed by atoms with E-state index >= 15 is 0 Å². The van der Waals surface area contributed by atoms with E-state index in [9.17, 15) is 0 Å². The molecule has 0 unspecified atom stereocenters. The maximum absolute atomic E-state index is 4.34. The van der Waals surface area contributed by atoms with E-state index in [-0.39, 0.29) is 24.0 Å². The number of rotatable bonds is 8. The number of guanidine groups is 1. The Kier molecular flexibility index (Phi) is 11.2. The van der Waals surface area contributed by atoms with Gasteiger partial charge in [-0.05, 0) is 46.7 Å². The number of halogens is 2. The molecule has 0 saturated carbocycles. The van der Waals surface area contributed by atoms with Crippen LogP contribution in [0.3, 0.4) is 0 Å². The lowest BCUT2D eigenvalue weighted by Crippen LogP contribution is -2.39. The van der Waals surface area contributed by atoms with Crippen molar-refractivity contribution in [3.05, 3.63) is 40.9 Å². The highest BCUT2D eigenvalue weighted by atomic mass is 127. The molecule has 1 aromatic carbocycles. The Morgan fingerprint density at radius 1 is 1.35 bits per heavy atom. The van der Waals surface area contributed by atoms with E-state index in [1.807, 2.05) is 31.9 Å². The second-order valence-electron chi connectivity index (χ2n) is 5.62. The molecule has 0 radical (unpaired) electrons. The monoisotopic (exact) mass is 552 g/mol. The van der Waals surface area contributed by atoms with Crippen LogP contribution < -0.4 is 5.32 Å². The van der Waals surface area contributed by atoms with Crippen LogP contribution in [-0.2, 0) is 13.6 Å². The maximum Gasteiger partial charge on any atom is 0.193 e. The summed E-state index contributed by atoms with van der Waals surface area (Å²) in [6.07, 6.45) is 3.83. The summed E-state index contributed by atoms with van der Waals surface area (Å²) in [5, 5.41) is 7.51. The van der Waals surface area contributed by atoms with Crippen molar-refractivity contribution in [3.63, 3.8) is 0 Å². The summed E-state index contributed by atoms with van der Waals surface area (Å²) in [5.74, 6) is 2.90. The molecule has 0 saturated heterocycles. The molecule has 6 nitrogen and oxygen atoms in total. The van der Waals surface area contributed by atoms with Gasteiger partial charge in [-0.15, -0.1) is 35.7 Å². The number of aliphatic imine (C=N–C) groups is 1. The summed E-state index contributed by atoms with van der Waals surface area (Å²) in [7, 11) is 5.71. The highest BCUT2D eigenvalue weighted by Gasteiger charge is 2.09. The van der Waals surface area contributed by atoms with Gasteiger partial charge in [-0.25, -0.2) is 4.98 Å². The Labute approximate surface area is 185 Å². The fraction of sp³-hybridized carbons (Fsp3) is 0.471. The van der Waals surface area contributed by atoms with Crippen LogP contribution in [0.15, 0.2) is 45.0 Å². The summed E-state index contributed by atoms with van der Waals surface area (Å²) in [6, 6.07) is 8.35. The summed E-state index contributed by atoms with van der Waals surface area (Å²) in [5.41, 5.74) is 0. The second kappa shape index (κ2) is 12.6. The van der Waals surface area contributed by atoms with Gasteiger partial charge in [-0.1, -0.05) is 12.1 Å². The van der Waals surface area contributed by atoms with Gasteiger partial charge < -0.3 is 10.2 Å². The Bertz CT molecular complexity index is 693. The quantitative estimate of drug-likeness (QED) is 0.178. The van der Waals surface area contributed by atoms with Crippen molar-refractivity contribution >= 4 is 57.6 Å². The first-order valence-corrected chi connectivity index (χ1v) is 10.0. The highest BCUT2D eigenvalue weighted by Crippen LogP contribution is 2.27. The minimum atomic E-state index is 0. The number of unbranched alkanes of at least 4 members (excludes halogenated alkanes) is 1. The van der Waals surface area contributed by atoms with Gasteiger partial charge in [0, 0.05) is 37.1 Å². The number of aryl methyl sites for hydroxylation is 1. The molecule has 26 heavy (non-hydrogen) atoms. The largest absolute Gasteiger partial charge is 0.356 e. The van der Waals surface area contributed by atoms with Crippen molar-refractivity contribution in [2.24, 2.45) is 12.0 Å². The lowest BCUT2D eigenvalue weighted by atomic mass is 10.3. The molecule has 0 spiro atoms. The zero-order valence-electron chi connectivity index (χ0n) is 15.4. The van der Waals surface area contributed by atoms with Gasteiger partial charge in [0.05, 0.1) is 6.54 Å². The predicted molar refractivity (Wildman–Crippen MR) is 123 cm³/mol. The van der Waals surface area contributed by atoms with E-state index in [1.54, 1.807) is 18.1 Å². The standard InChI is InChI=1S/C17H25BrN6S.HI/c1-19-17(23(2)12-16-21-13-22-24(16)3)20-10-6-7-11-25-15-9-5-4-8-14(15)18;/h4-5,8-9,13H,6-7,10-12H2,1-3H3,(H,19,20);1H. The first kappa shape index (κ1) is 23.2. The molecule has 0 aliphatic rings. The van der Waals surface area contributed by atoms with Gasteiger partial charge in [0.15, 0.2) is 5.96 Å². The number of nitrogens with zero attached hydrogens (tertiary/aromatic N) is 5. The number of hydrogen-bond donors (Lipinski definition) is 1. The van der Waals surface area contributed by atoms with Crippen molar-refractivity contribution in [2.45, 2.75) is 24.3 Å². The van der Waals surface area contributed by atoms with E-state index in [2.05, 4.69) is 59.4 Å². The summed E-state index contributed by atoms with van der Waals surface area (Å²) >= 11 is 5.48. The average Bonchev–Trinajstić information content (AvgIpc) is 3.00. The summed E-state index contributed by atoms with van der Waals surface area (Å²) < 4.78 is 2.95. The van der Waals surface area contributed by atoms with Crippen molar-refractivity contribution < 1.29 is 0 Å². The Hall–Kier alpha value is -0.810. The Balaban J connectivity index is 0.00000338. The van der Waals surface area contributed by atoms with Gasteiger partial charge in [0.1, 0.15) is 12.2 Å². The van der Waals surface area contributed by atoms with E-state index < -0.39 is 0 Å². The van der Waals surface area contributed by atoms with Crippen molar-refractivity contribution in [1.82, 2.24) is 25.0 Å². The molecule has 9 heteroatoms. The molecule has 0 amide bonds. The lowest BCUT2D eigenvalue weighted by molar-refractivity contribution is 0.448. The molecule has 0 bridgehead atoms. The van der Waals surface area contributed by atoms with Gasteiger partial charge in [0.2, 0.25) is 0 Å². The molecule has 0 fully saturated rings. The molecule has 1 N–H and O–H groups in total. The molecule has 0 aliphatic heterocycles. The van der Waals surface area contributed by atoms with Gasteiger partial charge in [-0.2, -0.15) is 5.10 Å². The van der Waals surface area contributed by atoms with Gasteiger partial charge >= 0.3 is 0 Å². The minimum absolute atomic E-state index is 0. The molecule has 0 atom stereocenters. The van der Waals surface area contributed by atoms with E-state index in [4.69, 9.17) is 0 Å². The van der Waals surface area contributed by atoms with Crippen LogP contribution in [0.1, 0.15) is 18.7 Å². The zero-order valence-corrected chi connectivity index (χ0v) is 20.1. The van der Waals surface area contributed by atoms with E-state index in [0.29, 0.717) is 6.54 Å². The van der Waals surface area contributed by atoms with E-state index in [1.165, 1.54) is 9.37 Å². The lowest BCUT2D eigenvalue weighted by Gasteiger charge is -2.21. The molecular formula is C17H26BrIN6S. The molecule has 1 heterocycles. The number of thioether (sulfide) groups is 1. The number of nitrogens with one attached hydrogen (secondary N) is 1. The third-order valence-electron chi connectivity index (χ3n) is 3.71. The summed E-state index contributed by atoms with van der Waals surface area (Å²) in [6.45, 7) is 1.58. The maximum atomic E-state index is 4.34. The first-order chi connectivity index (χ1) is 12.1. The van der Waals surface area contributed by atoms with Gasteiger partial charge in [0.25, 0.3) is 0 Å². The van der Waals surface area contributed by atoms with Crippen LogP contribution in [0.2, 0.25) is 0 Å². The molecule has 2 rings (SSSR count). The zero-order chi connectivity index (χ0) is 18.1. The Morgan fingerprint density at radius 2 is 2.12 bits per heavy atom. The predicted octanol–water partition coefficient (Wildman–Crippen LogP) is 3.78. The molecule has 1 aromatic heterocycles. The van der Waals surface area contributed by atoms with Crippen LogP contribution in [-0.4, -0.2) is 52.0 Å². The number of aromatic nitrogens is 3. The highest BCUT2D eigenvalue weighted by molar-refractivity contribution is 14.0. The fourth-order valence-corrected chi connectivity index (χ4v) is 3.88. The third kappa shape index (κ3) is 7.43. The topological polar surface area (TPSA) is 58.3 Å². The summed E-state index contributed by atoms with van der Waals surface area (Å²) in [4.78, 5) is 11.9. The number of benzene rings is 1. The van der Waals surface area contributed by atoms with Crippen molar-refractivity contribution in [3.8, 4) is 0 Å². The van der Waals surface area contributed by atoms with Crippen LogP contribution in [0, 0.1) is 0 Å². The van der Waals surface area contributed by atoms with Crippen LogP contribution in [0.5, 0.6) is 0 Å².